The van der Waals surface area contributed by atoms with Crippen LogP contribution < -0.4 is 0 Å². The molecule has 0 atom stereocenters. The SMILES string of the molecule is OC1CN(Cc2cnns2)C1. The van der Waals surface area contributed by atoms with Gasteiger partial charge in [0.25, 0.3) is 0 Å². The molecule has 11 heavy (non-hydrogen) atoms. The molecule has 0 aliphatic carbocycles. The van der Waals surface area contributed by atoms with Crippen molar-refractivity contribution in [3.8, 4) is 0 Å². The standard InChI is InChI=1S/C6H9N3OS/c10-5-2-9(3-5)4-6-1-7-8-11-6/h1,5,10H,2-4H2. The summed E-state index contributed by atoms with van der Waals surface area (Å²) in [6.45, 7) is 2.46. The number of β-amino-alcohol motifs (C(OH)–C–C–N with tert-alkyl or cyclic N) is 1. The number of aromatic nitrogens is 2. The number of hydrogen-bond donors (Lipinski definition) is 1. The van der Waals surface area contributed by atoms with E-state index in [1.165, 1.54) is 11.5 Å². The largest absolute Gasteiger partial charge is 0.390 e. The summed E-state index contributed by atoms with van der Waals surface area (Å²) in [4.78, 5) is 3.33. The van der Waals surface area contributed by atoms with Crippen molar-refractivity contribution in [2.45, 2.75) is 12.6 Å². The van der Waals surface area contributed by atoms with Gasteiger partial charge in [0.2, 0.25) is 0 Å². The first-order valence-electron chi connectivity index (χ1n) is 3.51. The fourth-order valence-corrected chi connectivity index (χ4v) is 1.68. The summed E-state index contributed by atoms with van der Waals surface area (Å²) in [6.07, 6.45) is 1.66. The van der Waals surface area contributed by atoms with Crippen LogP contribution in [0.15, 0.2) is 6.20 Å². The molecule has 0 spiro atoms. The molecule has 1 aromatic heterocycles. The van der Waals surface area contributed by atoms with E-state index in [1.807, 2.05) is 0 Å². The molecule has 2 rings (SSSR count). The molecule has 1 fully saturated rings. The van der Waals surface area contributed by atoms with Crippen LogP contribution in [0.5, 0.6) is 0 Å². The van der Waals surface area contributed by atoms with Crippen LogP contribution in [0.1, 0.15) is 4.88 Å². The summed E-state index contributed by atoms with van der Waals surface area (Å²) >= 11 is 1.42. The highest BCUT2D eigenvalue weighted by molar-refractivity contribution is 7.05. The van der Waals surface area contributed by atoms with Gasteiger partial charge < -0.3 is 5.11 Å². The van der Waals surface area contributed by atoms with Crippen molar-refractivity contribution in [1.29, 1.82) is 0 Å². The topological polar surface area (TPSA) is 49.2 Å². The number of hydrogen-bond acceptors (Lipinski definition) is 5. The Morgan fingerprint density at radius 3 is 3.09 bits per heavy atom. The van der Waals surface area contributed by atoms with E-state index >= 15 is 0 Å². The third-order valence-electron chi connectivity index (χ3n) is 1.72. The van der Waals surface area contributed by atoms with Crippen LogP contribution in [0, 0.1) is 0 Å². The zero-order chi connectivity index (χ0) is 7.68. The van der Waals surface area contributed by atoms with Gasteiger partial charge in [0.1, 0.15) is 0 Å². The average Bonchev–Trinajstić information content (AvgIpc) is 2.36. The molecule has 1 aliphatic heterocycles. The minimum Gasteiger partial charge on any atom is -0.390 e. The third kappa shape index (κ3) is 1.55. The highest BCUT2D eigenvalue weighted by Crippen LogP contribution is 2.13. The Kier molecular flexibility index (Phi) is 1.85. The van der Waals surface area contributed by atoms with Crippen LogP contribution in [-0.2, 0) is 6.54 Å². The van der Waals surface area contributed by atoms with E-state index in [0.29, 0.717) is 0 Å². The van der Waals surface area contributed by atoms with Gasteiger partial charge in [-0.05, 0) is 11.5 Å². The summed E-state index contributed by atoms with van der Waals surface area (Å²) in [6, 6.07) is 0. The van der Waals surface area contributed by atoms with E-state index in [2.05, 4.69) is 14.5 Å². The zero-order valence-corrected chi connectivity index (χ0v) is 6.79. The molecular weight excluding hydrogens is 162 g/mol. The summed E-state index contributed by atoms with van der Waals surface area (Å²) < 4.78 is 3.76. The number of nitrogens with zero attached hydrogens (tertiary/aromatic N) is 3. The lowest BCUT2D eigenvalue weighted by Gasteiger charge is -2.35. The normalized spacial score (nSPS) is 20.1. The lowest BCUT2D eigenvalue weighted by atomic mass is 10.2. The van der Waals surface area contributed by atoms with E-state index in [4.69, 9.17) is 5.11 Å². The summed E-state index contributed by atoms with van der Waals surface area (Å²) in [5, 5.41) is 12.7. The van der Waals surface area contributed by atoms with Gasteiger partial charge in [0.15, 0.2) is 0 Å². The Morgan fingerprint density at radius 2 is 2.55 bits per heavy atom. The minimum absolute atomic E-state index is 0.115. The molecule has 0 bridgehead atoms. The van der Waals surface area contributed by atoms with Crippen LogP contribution in [0.25, 0.3) is 0 Å². The first-order chi connectivity index (χ1) is 5.34. The van der Waals surface area contributed by atoms with Crippen LogP contribution in [-0.4, -0.2) is 38.8 Å². The van der Waals surface area contributed by atoms with Crippen LogP contribution in [0.4, 0.5) is 0 Å². The fourth-order valence-electron chi connectivity index (χ4n) is 1.15. The van der Waals surface area contributed by atoms with Crippen molar-refractivity contribution in [3.05, 3.63) is 11.1 Å². The van der Waals surface area contributed by atoms with Crippen LogP contribution in [0.3, 0.4) is 0 Å². The molecule has 2 heterocycles. The highest BCUT2D eigenvalue weighted by atomic mass is 32.1. The van der Waals surface area contributed by atoms with E-state index in [1.54, 1.807) is 6.20 Å². The molecule has 0 unspecified atom stereocenters. The Bertz CT molecular complexity index is 220. The molecule has 0 aromatic carbocycles. The van der Waals surface area contributed by atoms with Crippen molar-refractivity contribution in [1.82, 2.24) is 14.5 Å². The van der Waals surface area contributed by atoms with Crippen molar-refractivity contribution < 1.29 is 5.11 Å². The molecular formula is C6H9N3OS. The quantitative estimate of drug-likeness (QED) is 0.664. The lowest BCUT2D eigenvalue weighted by Crippen LogP contribution is -2.49. The van der Waals surface area contributed by atoms with Gasteiger partial charge in [-0.25, -0.2) is 0 Å². The number of aliphatic hydroxyl groups is 1. The Labute approximate surface area is 68.6 Å². The number of likely N-dealkylation sites (tertiary alicyclic amines) is 1. The minimum atomic E-state index is -0.115. The predicted octanol–water partition coefficient (Wildman–Crippen LogP) is -0.285. The molecule has 0 radical (unpaired) electrons. The monoisotopic (exact) mass is 171 g/mol. The molecule has 1 saturated heterocycles. The van der Waals surface area contributed by atoms with E-state index in [9.17, 15) is 0 Å². The van der Waals surface area contributed by atoms with Crippen molar-refractivity contribution in [3.63, 3.8) is 0 Å². The van der Waals surface area contributed by atoms with Crippen LogP contribution in [0.2, 0.25) is 0 Å². The second kappa shape index (κ2) is 2.84. The Hall–Kier alpha value is -0.520. The van der Waals surface area contributed by atoms with Gasteiger partial charge in [-0.15, -0.1) is 5.10 Å². The smallest absolute Gasteiger partial charge is 0.0794 e. The van der Waals surface area contributed by atoms with Crippen molar-refractivity contribution in [2.75, 3.05) is 13.1 Å². The van der Waals surface area contributed by atoms with Crippen molar-refractivity contribution >= 4 is 11.5 Å². The average molecular weight is 171 g/mol. The molecule has 1 N–H and O–H groups in total. The Morgan fingerprint density at radius 1 is 1.73 bits per heavy atom. The second-order valence-corrected chi connectivity index (χ2v) is 3.60. The molecule has 5 heteroatoms. The van der Waals surface area contributed by atoms with Crippen molar-refractivity contribution in [2.24, 2.45) is 0 Å². The fraction of sp³-hybridized carbons (Fsp3) is 0.667. The molecule has 60 valence electrons. The van der Waals surface area contributed by atoms with Gasteiger partial charge in [-0.1, -0.05) is 4.49 Å². The first kappa shape index (κ1) is 7.15. The van der Waals surface area contributed by atoms with Gasteiger partial charge in [-0.3, -0.25) is 4.90 Å². The second-order valence-electron chi connectivity index (χ2n) is 2.73. The molecule has 1 aromatic rings. The van der Waals surface area contributed by atoms with E-state index in [-0.39, 0.29) is 6.10 Å². The molecule has 1 aliphatic rings. The molecule has 0 saturated carbocycles. The number of rotatable bonds is 2. The van der Waals surface area contributed by atoms with Gasteiger partial charge in [0, 0.05) is 19.6 Å². The van der Waals surface area contributed by atoms with Crippen LogP contribution >= 0.6 is 11.5 Å². The highest BCUT2D eigenvalue weighted by Gasteiger charge is 2.24. The van der Waals surface area contributed by atoms with E-state index < -0.39 is 0 Å². The maximum absolute atomic E-state index is 8.98. The summed E-state index contributed by atoms with van der Waals surface area (Å²) in [5.41, 5.74) is 0. The molecule has 0 amide bonds. The number of aliphatic hydroxyl groups excluding tert-OH is 1. The van der Waals surface area contributed by atoms with Gasteiger partial charge in [0.05, 0.1) is 17.2 Å². The lowest BCUT2D eigenvalue weighted by molar-refractivity contribution is -0.00232. The first-order valence-corrected chi connectivity index (χ1v) is 4.28. The van der Waals surface area contributed by atoms with E-state index in [0.717, 1.165) is 24.5 Å². The Balaban J connectivity index is 1.84. The predicted molar refractivity (Wildman–Crippen MR) is 41.2 cm³/mol. The van der Waals surface area contributed by atoms with Gasteiger partial charge >= 0.3 is 0 Å². The summed E-state index contributed by atoms with van der Waals surface area (Å²) in [5.74, 6) is 0. The summed E-state index contributed by atoms with van der Waals surface area (Å²) in [7, 11) is 0. The third-order valence-corrected chi connectivity index (χ3v) is 2.37. The zero-order valence-electron chi connectivity index (χ0n) is 5.97. The molecule has 4 nitrogen and oxygen atoms in total. The maximum Gasteiger partial charge on any atom is 0.0794 e. The maximum atomic E-state index is 8.98. The van der Waals surface area contributed by atoms with Gasteiger partial charge in [-0.2, -0.15) is 0 Å².